The van der Waals surface area contributed by atoms with Crippen LogP contribution in [0.5, 0.6) is 0 Å². The van der Waals surface area contributed by atoms with E-state index in [0.717, 1.165) is 16.3 Å². The number of hydrogen-bond acceptors (Lipinski definition) is 4. The van der Waals surface area contributed by atoms with Gasteiger partial charge in [-0.1, -0.05) is 23.5 Å². The molecule has 0 amide bonds. The second kappa shape index (κ2) is 4.33. The molecular weight excluding hydrogens is 272 g/mol. The van der Waals surface area contributed by atoms with Crippen LogP contribution >= 0.6 is 22.7 Å². The molecule has 2 heterocycles. The van der Waals surface area contributed by atoms with Crippen LogP contribution in [0.2, 0.25) is 0 Å². The maximum Gasteiger partial charge on any atom is 0.188 e. The summed E-state index contributed by atoms with van der Waals surface area (Å²) in [6, 6.07) is 16.8. The average molecular weight is 282 g/mol. The Morgan fingerprint density at radius 3 is 2.84 bits per heavy atom. The lowest BCUT2D eigenvalue weighted by molar-refractivity contribution is 1.45. The predicted octanol–water partition coefficient (Wildman–Crippen LogP) is 5.25. The van der Waals surface area contributed by atoms with Gasteiger partial charge in [0.25, 0.3) is 0 Å². The molecule has 0 atom stereocenters. The number of benzene rings is 2. The van der Waals surface area contributed by atoms with E-state index in [9.17, 15) is 0 Å². The van der Waals surface area contributed by atoms with Crippen molar-refractivity contribution in [2.24, 2.45) is 0 Å². The van der Waals surface area contributed by atoms with Gasteiger partial charge in [-0.25, -0.2) is 4.98 Å². The molecule has 92 valence electrons. The summed E-state index contributed by atoms with van der Waals surface area (Å²) in [4.78, 5) is 4.59. The predicted molar refractivity (Wildman–Crippen MR) is 84.7 cm³/mol. The van der Waals surface area contributed by atoms with Crippen LogP contribution in [0.1, 0.15) is 0 Å². The number of thiazole rings is 1. The Balaban J connectivity index is 1.72. The minimum Gasteiger partial charge on any atom is -0.332 e. The highest BCUT2D eigenvalue weighted by Gasteiger charge is 2.04. The number of hydrogen-bond donors (Lipinski definition) is 1. The van der Waals surface area contributed by atoms with Crippen molar-refractivity contribution in [3.8, 4) is 0 Å². The molecule has 1 N–H and O–H groups in total. The molecule has 0 bridgehead atoms. The van der Waals surface area contributed by atoms with Gasteiger partial charge in [-0.3, -0.25) is 0 Å². The van der Waals surface area contributed by atoms with Crippen LogP contribution in [-0.2, 0) is 0 Å². The molecule has 2 aromatic carbocycles. The standard InChI is InChI=1S/C15H10N2S2/c1-2-4-14-12(3-1)17-15(19-14)16-11-5-6-13-10(9-11)7-8-18-13/h1-9H,(H,16,17). The summed E-state index contributed by atoms with van der Waals surface area (Å²) in [6.07, 6.45) is 0. The Hall–Kier alpha value is -1.91. The highest BCUT2D eigenvalue weighted by Crippen LogP contribution is 2.30. The summed E-state index contributed by atoms with van der Waals surface area (Å²) >= 11 is 3.45. The third-order valence-electron chi connectivity index (χ3n) is 3.00. The van der Waals surface area contributed by atoms with Gasteiger partial charge in [0.05, 0.1) is 10.2 Å². The second-order valence-corrected chi connectivity index (χ2v) is 6.26. The summed E-state index contributed by atoms with van der Waals surface area (Å²) in [5, 5.41) is 7.72. The maximum atomic E-state index is 4.59. The number of para-hydroxylation sites is 1. The van der Waals surface area contributed by atoms with Crippen LogP contribution in [0.25, 0.3) is 20.3 Å². The van der Waals surface area contributed by atoms with E-state index in [-0.39, 0.29) is 0 Å². The lowest BCUT2D eigenvalue weighted by atomic mass is 10.2. The molecule has 4 aromatic rings. The molecule has 0 radical (unpaired) electrons. The Labute approximate surface area is 118 Å². The van der Waals surface area contributed by atoms with E-state index in [2.05, 4.69) is 46.0 Å². The molecule has 4 rings (SSSR count). The molecule has 0 aliphatic carbocycles. The SMILES string of the molecule is c1ccc2sc(Nc3ccc4sccc4c3)nc2c1. The molecule has 2 aromatic heterocycles. The van der Waals surface area contributed by atoms with Crippen molar-refractivity contribution in [3.05, 3.63) is 53.9 Å². The normalized spacial score (nSPS) is 11.2. The number of fused-ring (bicyclic) bond motifs is 2. The summed E-state index contributed by atoms with van der Waals surface area (Å²) in [6.45, 7) is 0. The minimum atomic E-state index is 0.941. The fraction of sp³-hybridized carbons (Fsp3) is 0. The summed E-state index contributed by atoms with van der Waals surface area (Å²) in [5.41, 5.74) is 2.14. The van der Waals surface area contributed by atoms with Gasteiger partial charge in [0.1, 0.15) is 0 Å². The first-order valence-electron chi connectivity index (χ1n) is 5.98. The van der Waals surface area contributed by atoms with Crippen molar-refractivity contribution in [3.63, 3.8) is 0 Å². The van der Waals surface area contributed by atoms with Gasteiger partial charge in [-0.05, 0) is 47.2 Å². The van der Waals surface area contributed by atoms with E-state index in [1.54, 1.807) is 22.7 Å². The Morgan fingerprint density at radius 2 is 1.89 bits per heavy atom. The summed E-state index contributed by atoms with van der Waals surface area (Å²) < 4.78 is 2.52. The molecule has 0 saturated carbocycles. The lowest BCUT2D eigenvalue weighted by Crippen LogP contribution is -1.88. The van der Waals surface area contributed by atoms with E-state index < -0.39 is 0 Å². The van der Waals surface area contributed by atoms with Crippen LogP contribution in [0.3, 0.4) is 0 Å². The summed E-state index contributed by atoms with van der Waals surface area (Å²) in [5.74, 6) is 0. The first-order chi connectivity index (χ1) is 9.38. The van der Waals surface area contributed by atoms with Crippen molar-refractivity contribution in [2.75, 3.05) is 5.32 Å². The van der Waals surface area contributed by atoms with Crippen molar-refractivity contribution >= 4 is 53.8 Å². The fourth-order valence-corrected chi connectivity index (χ4v) is 3.75. The van der Waals surface area contributed by atoms with Gasteiger partial charge < -0.3 is 5.32 Å². The van der Waals surface area contributed by atoms with Crippen molar-refractivity contribution in [1.82, 2.24) is 4.98 Å². The zero-order valence-electron chi connectivity index (χ0n) is 9.96. The van der Waals surface area contributed by atoms with E-state index in [1.165, 1.54) is 14.8 Å². The number of thiophene rings is 1. The van der Waals surface area contributed by atoms with E-state index in [4.69, 9.17) is 0 Å². The molecule has 19 heavy (non-hydrogen) atoms. The molecular formula is C15H10N2S2. The molecule has 4 heteroatoms. The van der Waals surface area contributed by atoms with Crippen LogP contribution in [0, 0.1) is 0 Å². The topological polar surface area (TPSA) is 24.9 Å². The van der Waals surface area contributed by atoms with Crippen LogP contribution < -0.4 is 5.32 Å². The Kier molecular flexibility index (Phi) is 2.50. The monoisotopic (exact) mass is 282 g/mol. The van der Waals surface area contributed by atoms with Gasteiger partial charge in [0, 0.05) is 10.4 Å². The second-order valence-electron chi connectivity index (χ2n) is 4.28. The number of aromatic nitrogens is 1. The zero-order valence-corrected chi connectivity index (χ0v) is 11.6. The van der Waals surface area contributed by atoms with Gasteiger partial charge >= 0.3 is 0 Å². The van der Waals surface area contributed by atoms with Crippen LogP contribution in [-0.4, -0.2) is 4.98 Å². The quantitative estimate of drug-likeness (QED) is 0.543. The molecule has 0 aliphatic rings. The first-order valence-corrected chi connectivity index (χ1v) is 7.68. The van der Waals surface area contributed by atoms with E-state index in [1.807, 2.05) is 18.2 Å². The average Bonchev–Trinajstić information content (AvgIpc) is 3.03. The van der Waals surface area contributed by atoms with Crippen molar-refractivity contribution < 1.29 is 0 Å². The highest BCUT2D eigenvalue weighted by molar-refractivity contribution is 7.22. The van der Waals surface area contributed by atoms with Gasteiger partial charge in [-0.2, -0.15) is 0 Å². The molecule has 0 saturated heterocycles. The molecule has 0 fully saturated rings. The minimum absolute atomic E-state index is 0.941. The third kappa shape index (κ3) is 1.99. The highest BCUT2D eigenvalue weighted by atomic mass is 32.1. The number of anilines is 2. The molecule has 0 spiro atoms. The lowest BCUT2D eigenvalue weighted by Gasteiger charge is -2.01. The largest absolute Gasteiger partial charge is 0.332 e. The Morgan fingerprint density at radius 1 is 0.947 bits per heavy atom. The first kappa shape index (κ1) is 11.0. The Bertz CT molecular complexity index is 827. The number of nitrogens with one attached hydrogen (secondary N) is 1. The number of nitrogens with zero attached hydrogens (tertiary/aromatic N) is 1. The maximum absolute atomic E-state index is 4.59. The number of rotatable bonds is 2. The van der Waals surface area contributed by atoms with Crippen molar-refractivity contribution in [1.29, 1.82) is 0 Å². The van der Waals surface area contributed by atoms with Gasteiger partial charge in [0.15, 0.2) is 5.13 Å². The van der Waals surface area contributed by atoms with Gasteiger partial charge in [0.2, 0.25) is 0 Å². The molecule has 0 unspecified atom stereocenters. The summed E-state index contributed by atoms with van der Waals surface area (Å²) in [7, 11) is 0. The van der Waals surface area contributed by atoms with Gasteiger partial charge in [-0.15, -0.1) is 11.3 Å². The van der Waals surface area contributed by atoms with Crippen molar-refractivity contribution in [2.45, 2.75) is 0 Å². The van der Waals surface area contributed by atoms with E-state index in [0.29, 0.717) is 0 Å². The van der Waals surface area contributed by atoms with Crippen LogP contribution in [0.15, 0.2) is 53.9 Å². The third-order valence-corrected chi connectivity index (χ3v) is 4.85. The molecule has 0 aliphatic heterocycles. The van der Waals surface area contributed by atoms with E-state index >= 15 is 0 Å². The smallest absolute Gasteiger partial charge is 0.188 e. The fourth-order valence-electron chi connectivity index (χ4n) is 2.09. The molecule has 2 nitrogen and oxygen atoms in total. The zero-order chi connectivity index (χ0) is 12.7. The van der Waals surface area contributed by atoms with Crippen LogP contribution in [0.4, 0.5) is 10.8 Å².